The predicted molar refractivity (Wildman–Crippen MR) is 93.9 cm³/mol. The van der Waals surface area contributed by atoms with E-state index < -0.39 is 11.1 Å². The molecule has 0 amide bonds. The Morgan fingerprint density at radius 2 is 1.45 bits per heavy atom. The fourth-order valence-electron chi connectivity index (χ4n) is 4.19. The van der Waals surface area contributed by atoms with Crippen molar-refractivity contribution in [3.63, 3.8) is 0 Å². The molecule has 0 N–H and O–H groups in total. The van der Waals surface area contributed by atoms with E-state index in [0.29, 0.717) is 4.90 Å². The second-order valence-corrected chi connectivity index (χ2v) is 10.5. The van der Waals surface area contributed by atoms with Crippen LogP contribution in [0.5, 0.6) is 0 Å². The lowest BCUT2D eigenvalue weighted by Crippen LogP contribution is -2.26. The lowest BCUT2D eigenvalue weighted by Gasteiger charge is -2.39. The highest BCUT2D eigenvalue weighted by Crippen LogP contribution is 2.54. The molecule has 2 nitrogen and oxygen atoms in total. The van der Waals surface area contributed by atoms with Gasteiger partial charge in [-0.1, -0.05) is 58.6 Å². The maximum Gasteiger partial charge on any atom is 0.0255 e. The Kier molecular flexibility index (Phi) is 6.07. The highest BCUT2D eigenvalue weighted by molar-refractivity contribution is 7.79. The van der Waals surface area contributed by atoms with Crippen LogP contribution in [0.15, 0.2) is 29.2 Å². The first-order chi connectivity index (χ1) is 10.8. The highest BCUT2D eigenvalue weighted by atomic mass is 32.2. The van der Waals surface area contributed by atoms with Crippen LogP contribution in [0.4, 0.5) is 0 Å². The highest BCUT2D eigenvalue weighted by Gasteiger charge is 2.32. The van der Waals surface area contributed by atoms with Crippen LogP contribution in [0.2, 0.25) is 0 Å². The molecule has 4 heteroatoms. The molecule has 0 aliphatic heterocycles. The summed E-state index contributed by atoms with van der Waals surface area (Å²) in [5, 5.41) is 1.34. The molecule has 0 saturated heterocycles. The number of rotatable bonds is 4. The molecule has 122 valence electrons. The standard InChI is InChI=1S/C18H27O2PS/c19-22(20)18-13-7-12-17(14-18)21(15-8-3-1-4-9-15)16-10-5-2-6-11-16/h7,12-16H,1-6,8-11H2,(H,19,20)/p-1. The van der Waals surface area contributed by atoms with Crippen molar-refractivity contribution >= 4 is 24.3 Å². The number of hydrogen-bond donors (Lipinski definition) is 0. The molecule has 0 bridgehead atoms. The lowest BCUT2D eigenvalue weighted by atomic mass is 9.99. The van der Waals surface area contributed by atoms with E-state index in [-0.39, 0.29) is 7.92 Å². The second-order valence-electron chi connectivity index (χ2n) is 6.72. The number of benzene rings is 1. The normalized spacial score (nSPS) is 22.8. The Bertz CT molecular complexity index is 490. The maximum atomic E-state index is 11.3. The average molecular weight is 337 g/mol. The monoisotopic (exact) mass is 337 g/mol. The van der Waals surface area contributed by atoms with Gasteiger partial charge >= 0.3 is 0 Å². The molecular formula is C18H26O2PS-. The topological polar surface area (TPSA) is 40.1 Å². The molecule has 2 saturated carbocycles. The molecule has 2 aliphatic rings. The maximum absolute atomic E-state index is 11.3. The van der Waals surface area contributed by atoms with Gasteiger partial charge in [0.25, 0.3) is 0 Å². The van der Waals surface area contributed by atoms with Crippen LogP contribution in [0, 0.1) is 0 Å². The Morgan fingerprint density at radius 3 is 1.95 bits per heavy atom. The smallest absolute Gasteiger partial charge is 0.0255 e. The van der Waals surface area contributed by atoms with E-state index in [1.807, 2.05) is 12.1 Å². The summed E-state index contributed by atoms with van der Waals surface area (Å²) in [6.45, 7) is 0. The number of hydrogen-bond acceptors (Lipinski definition) is 2. The fraction of sp³-hybridized carbons (Fsp3) is 0.667. The largest absolute Gasteiger partial charge is 0.768 e. The zero-order chi connectivity index (χ0) is 15.4. The van der Waals surface area contributed by atoms with Crippen molar-refractivity contribution in [2.45, 2.75) is 80.4 Å². The summed E-state index contributed by atoms with van der Waals surface area (Å²) in [6.07, 6.45) is 13.6. The molecule has 1 atom stereocenters. The van der Waals surface area contributed by atoms with Gasteiger partial charge in [0.1, 0.15) is 0 Å². The summed E-state index contributed by atoms with van der Waals surface area (Å²) >= 11 is -2.11. The van der Waals surface area contributed by atoms with Crippen LogP contribution in [-0.4, -0.2) is 20.1 Å². The van der Waals surface area contributed by atoms with Crippen LogP contribution in [-0.2, 0) is 11.1 Å². The van der Waals surface area contributed by atoms with Crippen LogP contribution < -0.4 is 5.30 Å². The minimum absolute atomic E-state index is 0.206. The van der Waals surface area contributed by atoms with Crippen molar-refractivity contribution in [1.82, 2.24) is 0 Å². The zero-order valence-corrected chi connectivity index (χ0v) is 14.9. The van der Waals surface area contributed by atoms with E-state index in [0.717, 1.165) is 11.3 Å². The lowest BCUT2D eigenvalue weighted by molar-refractivity contribution is 0.487. The third-order valence-electron chi connectivity index (χ3n) is 5.24. The molecule has 1 unspecified atom stereocenters. The first kappa shape index (κ1) is 16.6. The Labute approximate surface area is 138 Å². The van der Waals surface area contributed by atoms with Gasteiger partial charge in [0.2, 0.25) is 0 Å². The van der Waals surface area contributed by atoms with Gasteiger partial charge in [0.15, 0.2) is 0 Å². The van der Waals surface area contributed by atoms with Crippen LogP contribution in [0.1, 0.15) is 64.2 Å². The van der Waals surface area contributed by atoms with Gasteiger partial charge < -0.3 is 4.55 Å². The third kappa shape index (κ3) is 3.99. The average Bonchev–Trinajstić information content (AvgIpc) is 2.57. The molecule has 2 fully saturated rings. The van der Waals surface area contributed by atoms with Gasteiger partial charge in [-0.05, 0) is 65.5 Å². The first-order valence-corrected chi connectivity index (χ1v) is 11.3. The van der Waals surface area contributed by atoms with E-state index in [9.17, 15) is 8.76 Å². The summed E-state index contributed by atoms with van der Waals surface area (Å²) in [4.78, 5) is 0.469. The summed E-state index contributed by atoms with van der Waals surface area (Å²) < 4.78 is 22.7. The second kappa shape index (κ2) is 8.04. The summed E-state index contributed by atoms with van der Waals surface area (Å²) in [6, 6.07) is 7.84. The molecule has 3 rings (SSSR count). The molecule has 0 spiro atoms. The first-order valence-electron chi connectivity index (χ1n) is 8.73. The molecule has 0 aromatic heterocycles. The molecular weight excluding hydrogens is 311 g/mol. The van der Waals surface area contributed by atoms with Crippen LogP contribution in [0.3, 0.4) is 0 Å². The van der Waals surface area contributed by atoms with Crippen molar-refractivity contribution in [3.05, 3.63) is 24.3 Å². The van der Waals surface area contributed by atoms with Crippen molar-refractivity contribution in [2.24, 2.45) is 0 Å². The Hall–Kier alpha value is -0.240. The van der Waals surface area contributed by atoms with Gasteiger partial charge in [-0.15, -0.1) is 0 Å². The molecule has 1 aromatic rings. The zero-order valence-electron chi connectivity index (χ0n) is 13.2. The Balaban J connectivity index is 1.89. The van der Waals surface area contributed by atoms with E-state index in [1.54, 1.807) is 6.07 Å². The third-order valence-corrected chi connectivity index (χ3v) is 9.36. The SMILES string of the molecule is O=S([O-])c1cccc(P(C2CCCCC2)C2CCCCC2)c1. The molecule has 2 aliphatic carbocycles. The van der Waals surface area contributed by atoms with E-state index in [1.165, 1.54) is 69.5 Å². The van der Waals surface area contributed by atoms with E-state index in [2.05, 4.69) is 6.07 Å². The van der Waals surface area contributed by atoms with Crippen molar-refractivity contribution < 1.29 is 8.76 Å². The quantitative estimate of drug-likeness (QED) is 0.590. The van der Waals surface area contributed by atoms with Crippen molar-refractivity contribution in [2.75, 3.05) is 0 Å². The van der Waals surface area contributed by atoms with Gasteiger partial charge in [-0.25, -0.2) is 0 Å². The van der Waals surface area contributed by atoms with Crippen molar-refractivity contribution in [1.29, 1.82) is 0 Å². The minimum atomic E-state index is -2.11. The minimum Gasteiger partial charge on any atom is -0.768 e. The van der Waals surface area contributed by atoms with Crippen LogP contribution in [0.25, 0.3) is 0 Å². The van der Waals surface area contributed by atoms with Gasteiger partial charge in [-0.3, -0.25) is 4.21 Å². The van der Waals surface area contributed by atoms with Gasteiger partial charge in [-0.2, -0.15) is 0 Å². The Morgan fingerprint density at radius 1 is 0.909 bits per heavy atom. The van der Waals surface area contributed by atoms with Gasteiger partial charge in [0.05, 0.1) is 0 Å². The summed E-state index contributed by atoms with van der Waals surface area (Å²) in [7, 11) is -0.206. The molecule has 1 aromatic carbocycles. The fourth-order valence-corrected chi connectivity index (χ4v) is 8.52. The van der Waals surface area contributed by atoms with E-state index >= 15 is 0 Å². The molecule has 0 heterocycles. The molecule has 0 radical (unpaired) electrons. The summed E-state index contributed by atoms with van der Waals surface area (Å²) in [5.41, 5.74) is 1.64. The van der Waals surface area contributed by atoms with E-state index in [4.69, 9.17) is 0 Å². The summed E-state index contributed by atoms with van der Waals surface area (Å²) in [5.74, 6) is 0. The molecule has 22 heavy (non-hydrogen) atoms. The van der Waals surface area contributed by atoms with Gasteiger partial charge in [0, 0.05) is 4.90 Å². The van der Waals surface area contributed by atoms with Crippen molar-refractivity contribution in [3.8, 4) is 0 Å². The predicted octanol–water partition coefficient (Wildman–Crippen LogP) is 4.70. The van der Waals surface area contributed by atoms with Crippen LogP contribution >= 0.6 is 7.92 Å².